The number of hydrogen-bond acceptors (Lipinski definition) is 2. The third-order valence-corrected chi connectivity index (χ3v) is 3.82. The molecule has 0 saturated carbocycles. The Labute approximate surface area is 136 Å². The molecule has 116 valence electrons. The summed E-state index contributed by atoms with van der Waals surface area (Å²) in [5, 5.41) is 3.45. The lowest BCUT2D eigenvalue weighted by Gasteiger charge is -2.43. The van der Waals surface area contributed by atoms with Gasteiger partial charge in [0.1, 0.15) is 0 Å². The fourth-order valence-corrected chi connectivity index (χ4v) is 3.04. The van der Waals surface area contributed by atoms with Crippen LogP contribution in [0.3, 0.4) is 0 Å². The van der Waals surface area contributed by atoms with E-state index in [0.29, 0.717) is 6.04 Å². The average molecular weight is 319 g/mol. The second kappa shape index (κ2) is 8.23. The summed E-state index contributed by atoms with van der Waals surface area (Å²) in [7, 11) is 0. The van der Waals surface area contributed by atoms with Gasteiger partial charge in [0.05, 0.1) is 0 Å². The molecule has 0 aromatic heterocycles. The van der Waals surface area contributed by atoms with Gasteiger partial charge in [0.25, 0.3) is 0 Å². The predicted octanol–water partition coefficient (Wildman–Crippen LogP) is 3.83. The number of halogens is 2. The van der Waals surface area contributed by atoms with Crippen molar-refractivity contribution >= 4 is 24.8 Å². The van der Waals surface area contributed by atoms with Crippen molar-refractivity contribution in [2.24, 2.45) is 5.41 Å². The first-order valence-electron chi connectivity index (χ1n) is 7.00. The van der Waals surface area contributed by atoms with Crippen LogP contribution in [0.1, 0.15) is 37.9 Å². The first-order chi connectivity index (χ1) is 8.50. The monoisotopic (exact) mass is 318 g/mol. The summed E-state index contributed by atoms with van der Waals surface area (Å²) in [6.45, 7) is 13.8. The van der Waals surface area contributed by atoms with Crippen molar-refractivity contribution < 1.29 is 0 Å². The molecule has 0 aliphatic carbocycles. The summed E-state index contributed by atoms with van der Waals surface area (Å²) in [6.07, 6.45) is 0. The molecule has 1 heterocycles. The van der Waals surface area contributed by atoms with E-state index in [1.54, 1.807) is 0 Å². The lowest BCUT2D eigenvalue weighted by Crippen LogP contribution is -2.48. The van der Waals surface area contributed by atoms with Crippen LogP contribution in [0, 0.1) is 12.3 Å². The van der Waals surface area contributed by atoms with Crippen molar-refractivity contribution in [3.8, 4) is 0 Å². The van der Waals surface area contributed by atoms with Crippen molar-refractivity contribution in [3.63, 3.8) is 0 Å². The zero-order valence-corrected chi connectivity index (χ0v) is 14.6. The molecule has 1 aliphatic rings. The maximum atomic E-state index is 3.45. The Morgan fingerprint density at radius 2 is 1.60 bits per heavy atom. The van der Waals surface area contributed by atoms with Gasteiger partial charge in [0, 0.05) is 32.2 Å². The average Bonchev–Trinajstić information content (AvgIpc) is 2.32. The summed E-state index contributed by atoms with van der Waals surface area (Å²) >= 11 is 0. The highest BCUT2D eigenvalue weighted by Crippen LogP contribution is 2.39. The lowest BCUT2D eigenvalue weighted by atomic mass is 9.79. The minimum absolute atomic E-state index is 0. The Hall–Kier alpha value is -0.280. The fourth-order valence-electron chi connectivity index (χ4n) is 3.04. The maximum absolute atomic E-state index is 3.45. The largest absolute Gasteiger partial charge is 0.314 e. The van der Waals surface area contributed by atoms with Crippen LogP contribution in [0.25, 0.3) is 0 Å². The molecule has 2 nitrogen and oxygen atoms in total. The standard InChI is InChI=1S/C16H26N2.2ClH/c1-13-7-5-6-8-14(13)15(16(2,3)4)18-11-9-17-10-12-18;;/h5-8,15,17H,9-12H2,1-4H3;2*1H/t15-;;/m0../s1. The smallest absolute Gasteiger partial charge is 0.0400 e. The van der Waals surface area contributed by atoms with E-state index < -0.39 is 0 Å². The molecule has 1 fully saturated rings. The molecule has 1 aromatic carbocycles. The van der Waals surface area contributed by atoms with Gasteiger partial charge in [-0.2, -0.15) is 0 Å². The van der Waals surface area contributed by atoms with Crippen LogP contribution in [0.4, 0.5) is 0 Å². The van der Waals surface area contributed by atoms with Gasteiger partial charge in [-0.05, 0) is 23.5 Å². The van der Waals surface area contributed by atoms with Gasteiger partial charge >= 0.3 is 0 Å². The molecule has 20 heavy (non-hydrogen) atoms. The Morgan fingerprint density at radius 1 is 1.05 bits per heavy atom. The molecule has 0 spiro atoms. The number of piperazine rings is 1. The Bertz CT molecular complexity index is 396. The van der Waals surface area contributed by atoms with Gasteiger partial charge < -0.3 is 5.32 Å². The van der Waals surface area contributed by atoms with E-state index in [1.807, 2.05) is 0 Å². The summed E-state index contributed by atoms with van der Waals surface area (Å²) in [5.41, 5.74) is 3.17. The molecule has 1 N–H and O–H groups in total. The van der Waals surface area contributed by atoms with Crippen LogP contribution >= 0.6 is 24.8 Å². The number of rotatable bonds is 2. The third kappa shape index (κ3) is 4.63. The van der Waals surface area contributed by atoms with Crippen molar-refractivity contribution in [3.05, 3.63) is 35.4 Å². The normalized spacial score (nSPS) is 17.8. The molecule has 1 aliphatic heterocycles. The second-order valence-electron chi connectivity index (χ2n) is 6.41. The quantitative estimate of drug-likeness (QED) is 0.891. The molecule has 2 rings (SSSR count). The van der Waals surface area contributed by atoms with Gasteiger partial charge in [0.2, 0.25) is 0 Å². The van der Waals surface area contributed by atoms with Crippen LogP contribution in [-0.4, -0.2) is 31.1 Å². The van der Waals surface area contributed by atoms with Crippen LogP contribution in [0.5, 0.6) is 0 Å². The van der Waals surface area contributed by atoms with Crippen LogP contribution in [0.2, 0.25) is 0 Å². The zero-order valence-electron chi connectivity index (χ0n) is 13.0. The van der Waals surface area contributed by atoms with Gasteiger partial charge in [-0.1, -0.05) is 45.0 Å². The lowest BCUT2D eigenvalue weighted by molar-refractivity contribution is 0.0857. The molecule has 0 bridgehead atoms. The van der Waals surface area contributed by atoms with E-state index in [9.17, 15) is 0 Å². The highest BCUT2D eigenvalue weighted by Gasteiger charge is 2.33. The van der Waals surface area contributed by atoms with Crippen molar-refractivity contribution in [1.29, 1.82) is 0 Å². The number of nitrogens with one attached hydrogen (secondary N) is 1. The highest BCUT2D eigenvalue weighted by atomic mass is 35.5. The molecule has 1 saturated heterocycles. The minimum atomic E-state index is 0. The number of hydrogen-bond donors (Lipinski definition) is 1. The second-order valence-corrected chi connectivity index (χ2v) is 6.41. The van der Waals surface area contributed by atoms with E-state index in [2.05, 4.69) is 62.2 Å². The van der Waals surface area contributed by atoms with Crippen LogP contribution in [-0.2, 0) is 0 Å². The first-order valence-corrected chi connectivity index (χ1v) is 7.00. The van der Waals surface area contributed by atoms with E-state index in [1.165, 1.54) is 11.1 Å². The van der Waals surface area contributed by atoms with Gasteiger partial charge in [-0.15, -0.1) is 24.8 Å². The summed E-state index contributed by atoms with van der Waals surface area (Å²) in [6, 6.07) is 9.35. The topological polar surface area (TPSA) is 15.3 Å². The SMILES string of the molecule is Cc1ccccc1[C@H](N1CCNCC1)C(C)(C)C.Cl.Cl. The molecule has 0 radical (unpaired) electrons. The van der Waals surface area contributed by atoms with Crippen LogP contribution < -0.4 is 5.32 Å². The zero-order chi connectivity index (χ0) is 13.2. The molecule has 0 amide bonds. The number of benzene rings is 1. The predicted molar refractivity (Wildman–Crippen MR) is 92.3 cm³/mol. The summed E-state index contributed by atoms with van der Waals surface area (Å²) < 4.78 is 0. The highest BCUT2D eigenvalue weighted by molar-refractivity contribution is 5.85. The Kier molecular flexibility index (Phi) is 8.12. The molecule has 1 aromatic rings. The van der Waals surface area contributed by atoms with Crippen LogP contribution in [0.15, 0.2) is 24.3 Å². The Morgan fingerprint density at radius 3 is 2.10 bits per heavy atom. The Balaban J connectivity index is 0.00000180. The van der Waals surface area contributed by atoms with E-state index in [4.69, 9.17) is 0 Å². The van der Waals surface area contributed by atoms with Gasteiger partial charge in [-0.25, -0.2) is 0 Å². The van der Waals surface area contributed by atoms with E-state index in [0.717, 1.165) is 26.2 Å². The molecule has 0 unspecified atom stereocenters. The molecule has 1 atom stereocenters. The first kappa shape index (κ1) is 19.7. The maximum Gasteiger partial charge on any atom is 0.0400 e. The van der Waals surface area contributed by atoms with Gasteiger partial charge in [0.15, 0.2) is 0 Å². The van der Waals surface area contributed by atoms with E-state index in [-0.39, 0.29) is 30.2 Å². The summed E-state index contributed by atoms with van der Waals surface area (Å²) in [4.78, 5) is 2.64. The van der Waals surface area contributed by atoms with Crippen molar-refractivity contribution in [2.45, 2.75) is 33.7 Å². The van der Waals surface area contributed by atoms with Gasteiger partial charge in [-0.3, -0.25) is 4.90 Å². The molecular weight excluding hydrogens is 291 g/mol. The molecule has 4 heteroatoms. The van der Waals surface area contributed by atoms with Crippen molar-refractivity contribution in [2.75, 3.05) is 26.2 Å². The third-order valence-electron chi connectivity index (χ3n) is 3.82. The number of nitrogens with zero attached hydrogens (tertiary/aromatic N) is 1. The summed E-state index contributed by atoms with van der Waals surface area (Å²) in [5.74, 6) is 0. The minimum Gasteiger partial charge on any atom is -0.314 e. The fraction of sp³-hybridized carbons (Fsp3) is 0.625. The number of aryl methyl sites for hydroxylation is 1. The van der Waals surface area contributed by atoms with Crippen molar-refractivity contribution in [1.82, 2.24) is 10.2 Å². The molecular formula is C16H28Cl2N2. The van der Waals surface area contributed by atoms with E-state index >= 15 is 0 Å².